The van der Waals surface area contributed by atoms with Gasteiger partial charge in [0.1, 0.15) is 17.7 Å². The fourth-order valence-electron chi connectivity index (χ4n) is 4.88. The van der Waals surface area contributed by atoms with Crippen LogP contribution in [0.5, 0.6) is 0 Å². The number of rotatable bonds is 9. The highest BCUT2D eigenvalue weighted by atomic mass is 32.2. The summed E-state index contributed by atoms with van der Waals surface area (Å²) in [5.74, 6) is -2.04. The second kappa shape index (κ2) is 13.0. The first-order valence-electron chi connectivity index (χ1n) is 13.4. The average Bonchev–Trinajstić information content (AvgIpc) is 3.42. The van der Waals surface area contributed by atoms with Gasteiger partial charge in [-0.15, -0.1) is 0 Å². The van der Waals surface area contributed by atoms with Gasteiger partial charge in [0, 0.05) is 17.5 Å². The van der Waals surface area contributed by atoms with E-state index >= 15 is 0 Å². The Morgan fingerprint density at radius 2 is 1.70 bits per heavy atom. The Morgan fingerprint density at radius 3 is 2.36 bits per heavy atom. The topological polar surface area (TPSA) is 102 Å². The smallest absolute Gasteiger partial charge is 0.350 e. The van der Waals surface area contributed by atoms with Crippen LogP contribution in [0.3, 0.4) is 0 Å². The van der Waals surface area contributed by atoms with E-state index in [-0.39, 0.29) is 40.7 Å². The number of alkyl halides is 4. The lowest BCUT2D eigenvalue weighted by Gasteiger charge is -2.19. The van der Waals surface area contributed by atoms with Crippen molar-refractivity contribution in [2.45, 2.75) is 52.8 Å². The van der Waals surface area contributed by atoms with Gasteiger partial charge < -0.3 is 5.32 Å². The van der Waals surface area contributed by atoms with Gasteiger partial charge in [0.25, 0.3) is 0 Å². The maximum atomic E-state index is 14.5. The van der Waals surface area contributed by atoms with Crippen molar-refractivity contribution >= 4 is 27.5 Å². The zero-order chi connectivity index (χ0) is 31.5. The van der Waals surface area contributed by atoms with Gasteiger partial charge in [0.15, 0.2) is 15.0 Å². The molecule has 5 rings (SSSR count). The minimum Gasteiger partial charge on any atom is -0.350 e. The number of sulfone groups is 1. The zero-order valence-electron chi connectivity index (χ0n) is 22.8. The van der Waals surface area contributed by atoms with Crippen LogP contribution >= 0.6 is 11.8 Å². The van der Waals surface area contributed by atoms with E-state index < -0.39 is 50.8 Å². The van der Waals surface area contributed by atoms with Crippen LogP contribution in [0, 0.1) is 11.7 Å². The number of pyridine rings is 1. The molecule has 1 aliphatic rings. The third-order valence-electron chi connectivity index (χ3n) is 7.09. The average molecular weight is 649 g/mol. The molecule has 0 saturated heterocycles. The Hall–Kier alpha value is -3.91. The number of benzene rings is 2. The standard InChI is InChI=1S/C30H25F5N4O3S2/c31-20-7-9-23(10-8-20)44(41,42)26-13-21(32)12-24(26)28(40)37-16-22-14-25(19-6-11-27(36-15-19)30(33,34)35)39-29(38-22)43-17-18-4-2-1-3-5-18/h1-11,14-15,21,24,26H,12-13,16-17H2,(H,37,40)/t21-,24+,26-/m1/s1. The van der Waals surface area contributed by atoms with Gasteiger partial charge in [-0.05, 0) is 60.9 Å². The maximum absolute atomic E-state index is 14.5. The molecule has 4 aromatic rings. The van der Waals surface area contributed by atoms with Gasteiger partial charge in [-0.1, -0.05) is 42.1 Å². The third kappa shape index (κ3) is 7.41. The quantitative estimate of drug-likeness (QED) is 0.0999. The summed E-state index contributed by atoms with van der Waals surface area (Å²) in [4.78, 5) is 25.5. The molecule has 2 aromatic carbocycles. The van der Waals surface area contributed by atoms with Crippen molar-refractivity contribution in [3.63, 3.8) is 0 Å². The summed E-state index contributed by atoms with van der Waals surface area (Å²) in [7, 11) is -4.15. The lowest BCUT2D eigenvalue weighted by atomic mass is 10.1. The highest BCUT2D eigenvalue weighted by Crippen LogP contribution is 2.37. The third-order valence-corrected chi connectivity index (χ3v) is 10.3. The first-order valence-corrected chi connectivity index (χ1v) is 15.9. The van der Waals surface area contributed by atoms with E-state index in [1.165, 1.54) is 23.9 Å². The molecule has 3 atom stereocenters. The van der Waals surface area contributed by atoms with Gasteiger partial charge >= 0.3 is 6.18 Å². The fourth-order valence-corrected chi connectivity index (χ4v) is 7.71. The fraction of sp³-hybridized carbons (Fsp3) is 0.267. The van der Waals surface area contributed by atoms with Crippen molar-refractivity contribution in [2.75, 3.05) is 0 Å². The number of amides is 1. The van der Waals surface area contributed by atoms with E-state index in [9.17, 15) is 35.2 Å². The number of carbonyl (C=O) groups is 1. The molecule has 1 fully saturated rings. The van der Waals surface area contributed by atoms with Crippen molar-refractivity contribution < 1.29 is 35.2 Å². The van der Waals surface area contributed by atoms with Crippen molar-refractivity contribution in [2.24, 2.45) is 5.92 Å². The normalized spacial score (nSPS) is 18.7. The minimum atomic E-state index is -4.61. The number of hydrogen-bond acceptors (Lipinski definition) is 7. The summed E-state index contributed by atoms with van der Waals surface area (Å²) in [6.07, 6.45) is -5.77. The second-order valence-corrected chi connectivity index (χ2v) is 13.3. The highest BCUT2D eigenvalue weighted by Gasteiger charge is 2.46. The number of hydrogen-bond donors (Lipinski definition) is 1. The monoisotopic (exact) mass is 648 g/mol. The molecule has 0 bridgehead atoms. The number of halogens is 5. The second-order valence-electron chi connectivity index (χ2n) is 10.2. The molecule has 2 heterocycles. The molecule has 1 N–H and O–H groups in total. The molecule has 0 aliphatic heterocycles. The molecular formula is C30H25F5N4O3S2. The summed E-state index contributed by atoms with van der Waals surface area (Å²) in [5.41, 5.74) is 0.771. The Labute approximate surface area is 254 Å². The van der Waals surface area contributed by atoms with E-state index in [1.807, 2.05) is 30.3 Å². The molecule has 1 amide bonds. The molecule has 14 heteroatoms. The molecule has 7 nitrogen and oxygen atoms in total. The number of carbonyl (C=O) groups excluding carboxylic acids is 1. The van der Waals surface area contributed by atoms with Crippen LogP contribution in [0.1, 0.15) is 29.8 Å². The predicted molar refractivity (Wildman–Crippen MR) is 153 cm³/mol. The van der Waals surface area contributed by atoms with E-state index in [4.69, 9.17) is 0 Å². The summed E-state index contributed by atoms with van der Waals surface area (Å²) < 4.78 is 93.4. The van der Waals surface area contributed by atoms with Crippen molar-refractivity contribution in [1.82, 2.24) is 20.3 Å². The predicted octanol–water partition coefficient (Wildman–Crippen LogP) is 6.20. The van der Waals surface area contributed by atoms with Crippen LogP contribution in [0.2, 0.25) is 0 Å². The molecule has 1 aliphatic carbocycles. The summed E-state index contributed by atoms with van der Waals surface area (Å²) in [6, 6.07) is 17.1. The van der Waals surface area contributed by atoms with E-state index in [2.05, 4.69) is 20.3 Å². The summed E-state index contributed by atoms with van der Waals surface area (Å²) >= 11 is 1.28. The number of aromatic nitrogens is 3. The zero-order valence-corrected chi connectivity index (χ0v) is 24.5. The first-order chi connectivity index (χ1) is 20.9. The van der Waals surface area contributed by atoms with Crippen LogP contribution in [-0.2, 0) is 33.1 Å². The lowest BCUT2D eigenvalue weighted by molar-refractivity contribution is -0.141. The van der Waals surface area contributed by atoms with Crippen LogP contribution in [-0.4, -0.2) is 40.7 Å². The molecule has 1 saturated carbocycles. The van der Waals surface area contributed by atoms with Crippen LogP contribution in [0.25, 0.3) is 11.3 Å². The van der Waals surface area contributed by atoms with Crippen molar-refractivity contribution in [1.29, 1.82) is 0 Å². The molecule has 230 valence electrons. The lowest BCUT2D eigenvalue weighted by Crippen LogP contribution is -2.38. The van der Waals surface area contributed by atoms with Gasteiger partial charge in [0.2, 0.25) is 5.91 Å². The Morgan fingerprint density at radius 1 is 0.977 bits per heavy atom. The Balaban J connectivity index is 1.37. The van der Waals surface area contributed by atoms with Crippen LogP contribution in [0.4, 0.5) is 22.0 Å². The van der Waals surface area contributed by atoms with Gasteiger partial charge in [-0.3, -0.25) is 9.78 Å². The van der Waals surface area contributed by atoms with E-state index in [1.54, 1.807) is 0 Å². The van der Waals surface area contributed by atoms with Crippen molar-refractivity contribution in [3.05, 3.63) is 102 Å². The van der Waals surface area contributed by atoms with E-state index in [0.717, 1.165) is 42.1 Å². The molecule has 44 heavy (non-hydrogen) atoms. The molecule has 0 radical (unpaired) electrons. The first kappa shape index (κ1) is 31.5. The Kier molecular flexibility index (Phi) is 9.30. The molecule has 0 spiro atoms. The van der Waals surface area contributed by atoms with Crippen LogP contribution in [0.15, 0.2) is 89.0 Å². The molecule has 2 aromatic heterocycles. The number of nitrogens with zero attached hydrogens (tertiary/aromatic N) is 3. The van der Waals surface area contributed by atoms with E-state index in [0.29, 0.717) is 11.4 Å². The van der Waals surface area contributed by atoms with Gasteiger partial charge in [-0.25, -0.2) is 27.2 Å². The number of thioether (sulfide) groups is 1. The summed E-state index contributed by atoms with van der Waals surface area (Å²) in [5, 5.41) is 1.58. The van der Waals surface area contributed by atoms with Gasteiger partial charge in [0.05, 0.1) is 34.0 Å². The summed E-state index contributed by atoms with van der Waals surface area (Å²) in [6.45, 7) is -0.182. The highest BCUT2D eigenvalue weighted by molar-refractivity contribution is 7.98. The molecule has 0 unspecified atom stereocenters. The Bertz CT molecular complexity index is 1720. The van der Waals surface area contributed by atoms with Crippen LogP contribution < -0.4 is 5.32 Å². The van der Waals surface area contributed by atoms with Crippen molar-refractivity contribution in [3.8, 4) is 11.3 Å². The van der Waals surface area contributed by atoms with Gasteiger partial charge in [-0.2, -0.15) is 13.2 Å². The maximum Gasteiger partial charge on any atom is 0.433 e. The SMILES string of the molecule is O=C(NCc1cc(-c2ccc(C(F)(F)F)nc2)nc(SCc2ccccc2)n1)[C@H]1C[C@@H](F)C[C@H]1S(=O)(=O)c1ccc(F)cc1. The molecular weight excluding hydrogens is 623 g/mol. The largest absolute Gasteiger partial charge is 0.433 e. The minimum absolute atomic E-state index is 0.182. The number of nitrogens with one attached hydrogen (secondary N) is 1.